The van der Waals surface area contributed by atoms with E-state index in [1.165, 1.54) is 0 Å². The zero-order valence-electron chi connectivity index (χ0n) is 12.7. The second-order valence-electron chi connectivity index (χ2n) is 6.11. The van der Waals surface area contributed by atoms with E-state index < -0.39 is 0 Å². The van der Waals surface area contributed by atoms with Gasteiger partial charge in [-0.05, 0) is 33.8 Å². The van der Waals surface area contributed by atoms with Crippen LogP contribution in [0.5, 0.6) is 0 Å². The highest BCUT2D eigenvalue weighted by Gasteiger charge is 2.35. The summed E-state index contributed by atoms with van der Waals surface area (Å²) in [5.41, 5.74) is 0.530. The Morgan fingerprint density at radius 3 is 2.90 bits per heavy atom. The lowest BCUT2D eigenvalue weighted by molar-refractivity contribution is -0.119. The molecular formula is C14H19N5O2. The van der Waals surface area contributed by atoms with Crippen molar-refractivity contribution in [3.8, 4) is 0 Å². The summed E-state index contributed by atoms with van der Waals surface area (Å²) in [6, 6.07) is 1.83. The first-order valence-corrected chi connectivity index (χ1v) is 7.01. The van der Waals surface area contributed by atoms with Crippen molar-refractivity contribution in [1.82, 2.24) is 24.5 Å². The highest BCUT2D eigenvalue weighted by Crippen LogP contribution is 2.21. The normalized spacial score (nSPS) is 21.7. The van der Waals surface area contributed by atoms with Gasteiger partial charge in [0.05, 0.1) is 11.7 Å². The van der Waals surface area contributed by atoms with Gasteiger partial charge in [0.1, 0.15) is 0 Å². The Bertz CT molecular complexity index is 694. The summed E-state index contributed by atoms with van der Waals surface area (Å²) in [5.74, 6) is 0.448. The summed E-state index contributed by atoms with van der Waals surface area (Å²) in [5, 5.41) is 4.27. The van der Waals surface area contributed by atoms with Crippen molar-refractivity contribution in [2.45, 2.75) is 39.4 Å². The van der Waals surface area contributed by atoms with Gasteiger partial charge in [0, 0.05) is 25.0 Å². The van der Waals surface area contributed by atoms with Gasteiger partial charge in [0.15, 0.2) is 0 Å². The molecule has 1 amide bonds. The molecule has 0 spiro atoms. The molecular weight excluding hydrogens is 270 g/mol. The molecule has 7 heteroatoms. The molecule has 1 atom stereocenters. The number of ether oxygens (including phenoxy) is 1. The molecule has 3 heterocycles. The number of carbonyl (C=O) groups excluding carboxylic acids is 1. The van der Waals surface area contributed by atoms with Crippen LogP contribution in [0.25, 0.3) is 5.78 Å². The first kappa shape index (κ1) is 13.9. The fourth-order valence-corrected chi connectivity index (χ4v) is 2.75. The maximum Gasteiger partial charge on any atom is 0.293 e. The number of fused-ring (bicyclic) bond motifs is 1. The minimum Gasteiger partial charge on any atom is -0.369 e. The number of hydrogen-bond donors (Lipinski definition) is 0. The van der Waals surface area contributed by atoms with Gasteiger partial charge in [-0.15, -0.1) is 5.10 Å². The third kappa shape index (κ3) is 2.61. The Hall–Kier alpha value is -2.02. The summed E-state index contributed by atoms with van der Waals surface area (Å²) >= 11 is 0. The zero-order chi connectivity index (χ0) is 15.2. The van der Waals surface area contributed by atoms with Crippen LogP contribution in [0.4, 0.5) is 0 Å². The number of amides is 1. The lowest BCUT2D eigenvalue weighted by Crippen LogP contribution is -2.54. The van der Waals surface area contributed by atoms with E-state index in [1.807, 2.05) is 33.8 Å². The standard InChI is InChI=1S/C14H19N5O2/c1-9-5-6-15-13-16-11(17-19(9)13)12(20)18-7-10(2)21-14(3,4)8-18/h5-6,10H,7-8H2,1-4H3. The SMILES string of the molecule is Cc1ccnc2nc(C(=O)N3CC(C)OC(C)(C)C3)nn12. The van der Waals surface area contributed by atoms with Gasteiger partial charge in [0.25, 0.3) is 11.7 Å². The largest absolute Gasteiger partial charge is 0.369 e. The molecule has 21 heavy (non-hydrogen) atoms. The average molecular weight is 289 g/mol. The average Bonchev–Trinajstić information content (AvgIpc) is 2.81. The van der Waals surface area contributed by atoms with Gasteiger partial charge in [-0.25, -0.2) is 9.50 Å². The summed E-state index contributed by atoms with van der Waals surface area (Å²) < 4.78 is 7.40. The number of aromatic nitrogens is 4. The highest BCUT2D eigenvalue weighted by molar-refractivity contribution is 5.91. The second-order valence-corrected chi connectivity index (χ2v) is 6.11. The molecule has 0 saturated carbocycles. The molecule has 0 aliphatic carbocycles. The maximum atomic E-state index is 12.6. The Kier molecular flexibility index (Phi) is 3.16. The van der Waals surface area contributed by atoms with Crippen LogP contribution in [0.1, 0.15) is 37.1 Å². The van der Waals surface area contributed by atoms with E-state index in [4.69, 9.17) is 4.74 Å². The van der Waals surface area contributed by atoms with Crippen LogP contribution in [0.2, 0.25) is 0 Å². The van der Waals surface area contributed by atoms with Crippen molar-refractivity contribution in [1.29, 1.82) is 0 Å². The van der Waals surface area contributed by atoms with E-state index in [9.17, 15) is 4.79 Å². The van der Waals surface area contributed by atoms with Gasteiger partial charge < -0.3 is 9.64 Å². The topological polar surface area (TPSA) is 72.6 Å². The van der Waals surface area contributed by atoms with Crippen molar-refractivity contribution >= 4 is 11.7 Å². The first-order chi connectivity index (χ1) is 9.85. The number of carbonyl (C=O) groups is 1. The Morgan fingerprint density at radius 1 is 1.48 bits per heavy atom. The highest BCUT2D eigenvalue weighted by atomic mass is 16.5. The fraction of sp³-hybridized carbons (Fsp3) is 0.571. The minimum absolute atomic E-state index is 0.00501. The molecule has 0 aromatic carbocycles. The Morgan fingerprint density at radius 2 is 2.24 bits per heavy atom. The molecule has 0 bridgehead atoms. The molecule has 0 N–H and O–H groups in total. The molecule has 112 valence electrons. The predicted molar refractivity (Wildman–Crippen MR) is 76.0 cm³/mol. The van der Waals surface area contributed by atoms with Crippen LogP contribution in [-0.4, -0.2) is 55.2 Å². The van der Waals surface area contributed by atoms with Crippen LogP contribution in [-0.2, 0) is 4.74 Å². The maximum absolute atomic E-state index is 12.6. The van der Waals surface area contributed by atoms with E-state index >= 15 is 0 Å². The monoisotopic (exact) mass is 289 g/mol. The fourth-order valence-electron chi connectivity index (χ4n) is 2.75. The van der Waals surface area contributed by atoms with Crippen molar-refractivity contribution < 1.29 is 9.53 Å². The van der Waals surface area contributed by atoms with Crippen molar-refractivity contribution in [3.05, 3.63) is 23.8 Å². The molecule has 0 radical (unpaired) electrons. The van der Waals surface area contributed by atoms with Crippen LogP contribution >= 0.6 is 0 Å². The van der Waals surface area contributed by atoms with Gasteiger partial charge >= 0.3 is 0 Å². The predicted octanol–water partition coefficient (Wildman–Crippen LogP) is 1.07. The second kappa shape index (κ2) is 4.77. The molecule has 2 aromatic rings. The summed E-state index contributed by atoms with van der Waals surface area (Å²) in [4.78, 5) is 22.7. The van der Waals surface area contributed by atoms with Gasteiger partial charge in [-0.1, -0.05) is 0 Å². The molecule has 1 saturated heterocycles. The van der Waals surface area contributed by atoms with E-state index in [2.05, 4.69) is 15.1 Å². The third-order valence-corrected chi connectivity index (χ3v) is 3.48. The first-order valence-electron chi connectivity index (χ1n) is 7.01. The Labute approximate surface area is 122 Å². The number of aryl methyl sites for hydroxylation is 1. The van der Waals surface area contributed by atoms with Gasteiger partial charge in [0.2, 0.25) is 5.82 Å². The van der Waals surface area contributed by atoms with Crippen LogP contribution < -0.4 is 0 Å². The van der Waals surface area contributed by atoms with Crippen molar-refractivity contribution in [2.75, 3.05) is 13.1 Å². The van der Waals surface area contributed by atoms with E-state index in [0.717, 1.165) is 5.69 Å². The lowest BCUT2D eigenvalue weighted by Gasteiger charge is -2.41. The van der Waals surface area contributed by atoms with Crippen LogP contribution in [0.3, 0.4) is 0 Å². The number of rotatable bonds is 1. The van der Waals surface area contributed by atoms with Gasteiger partial charge in [-0.2, -0.15) is 4.98 Å². The summed E-state index contributed by atoms with van der Waals surface area (Å²) in [6.45, 7) is 8.89. The van der Waals surface area contributed by atoms with E-state index in [1.54, 1.807) is 15.6 Å². The molecule has 2 aromatic heterocycles. The van der Waals surface area contributed by atoms with Crippen molar-refractivity contribution in [2.24, 2.45) is 0 Å². The van der Waals surface area contributed by atoms with E-state index in [-0.39, 0.29) is 23.4 Å². The summed E-state index contributed by atoms with van der Waals surface area (Å²) in [7, 11) is 0. The van der Waals surface area contributed by atoms with Gasteiger partial charge in [-0.3, -0.25) is 4.79 Å². The third-order valence-electron chi connectivity index (χ3n) is 3.48. The molecule has 1 aliphatic heterocycles. The summed E-state index contributed by atoms with van der Waals surface area (Å²) in [6.07, 6.45) is 1.66. The lowest BCUT2D eigenvalue weighted by atomic mass is 10.1. The Balaban J connectivity index is 1.91. The number of nitrogens with zero attached hydrogens (tertiary/aromatic N) is 5. The minimum atomic E-state index is -0.360. The van der Waals surface area contributed by atoms with E-state index in [0.29, 0.717) is 18.9 Å². The molecule has 7 nitrogen and oxygen atoms in total. The zero-order valence-corrected chi connectivity index (χ0v) is 12.7. The molecule has 1 unspecified atom stereocenters. The van der Waals surface area contributed by atoms with Crippen LogP contribution in [0, 0.1) is 6.92 Å². The van der Waals surface area contributed by atoms with Crippen molar-refractivity contribution in [3.63, 3.8) is 0 Å². The molecule has 1 fully saturated rings. The van der Waals surface area contributed by atoms with Crippen LogP contribution in [0.15, 0.2) is 12.3 Å². The number of morpholine rings is 1. The molecule has 1 aliphatic rings. The quantitative estimate of drug-likeness (QED) is 0.785. The molecule has 3 rings (SSSR count). The number of hydrogen-bond acceptors (Lipinski definition) is 5. The smallest absolute Gasteiger partial charge is 0.293 e.